The van der Waals surface area contributed by atoms with E-state index in [0.29, 0.717) is 10.6 Å². The molecule has 1 rings (SSSR count). The Balaban J connectivity index is 3.49. The number of aryl methyl sites for hydroxylation is 2. The lowest BCUT2D eigenvalue weighted by Crippen LogP contribution is -2.42. The summed E-state index contributed by atoms with van der Waals surface area (Å²) in [5, 5.41) is 0. The van der Waals surface area contributed by atoms with Gasteiger partial charge in [-0.15, -0.1) is 0 Å². The number of rotatable bonds is 5. The van der Waals surface area contributed by atoms with E-state index in [-0.39, 0.29) is 12.1 Å². The number of ether oxygens (including phenoxy) is 1. The van der Waals surface area contributed by atoms with Crippen LogP contribution in [0.15, 0.2) is 17.0 Å². The fraction of sp³-hybridized carbons (Fsp3) is 0.600. The third-order valence-electron chi connectivity index (χ3n) is 3.27. The molecule has 0 aliphatic rings. The van der Waals surface area contributed by atoms with Crippen molar-refractivity contribution in [1.29, 1.82) is 0 Å². The molecule has 0 saturated carbocycles. The lowest BCUT2D eigenvalue weighted by Gasteiger charge is -2.30. The number of methoxy groups -OCH3 is 1. The maximum Gasteiger partial charge on any atom is 0.243 e. The molecule has 5 heteroatoms. The SMILES string of the molecule is COc1cc(S(=O)(=O)N(C(C)C)C(C)C)c(C)cc1C. The third-order valence-corrected chi connectivity index (χ3v) is 5.66. The van der Waals surface area contributed by atoms with E-state index in [9.17, 15) is 8.42 Å². The van der Waals surface area contributed by atoms with Gasteiger partial charge in [0.2, 0.25) is 10.0 Å². The van der Waals surface area contributed by atoms with E-state index in [0.717, 1.165) is 11.1 Å². The molecule has 0 atom stereocenters. The Morgan fingerprint density at radius 1 is 1.00 bits per heavy atom. The molecule has 0 saturated heterocycles. The maximum absolute atomic E-state index is 12.9. The predicted molar refractivity (Wildman–Crippen MR) is 81.8 cm³/mol. The predicted octanol–water partition coefficient (Wildman–Crippen LogP) is 3.12. The molecular weight excluding hydrogens is 274 g/mol. The summed E-state index contributed by atoms with van der Waals surface area (Å²) in [6.45, 7) is 11.3. The van der Waals surface area contributed by atoms with Crippen molar-refractivity contribution in [2.24, 2.45) is 0 Å². The number of hydrogen-bond donors (Lipinski definition) is 0. The average Bonchev–Trinajstić information content (AvgIpc) is 2.26. The molecule has 0 heterocycles. The smallest absolute Gasteiger partial charge is 0.243 e. The Kier molecular flexibility index (Phi) is 5.21. The molecule has 0 amide bonds. The Hall–Kier alpha value is -1.07. The second-order valence-corrected chi connectivity index (χ2v) is 7.42. The van der Waals surface area contributed by atoms with Crippen LogP contribution in [0, 0.1) is 13.8 Å². The second kappa shape index (κ2) is 6.14. The van der Waals surface area contributed by atoms with E-state index in [4.69, 9.17) is 4.74 Å². The van der Waals surface area contributed by atoms with Gasteiger partial charge in [0, 0.05) is 18.2 Å². The Labute approximate surface area is 122 Å². The van der Waals surface area contributed by atoms with Crippen LogP contribution in [-0.4, -0.2) is 31.9 Å². The second-order valence-electron chi connectivity index (χ2n) is 5.61. The van der Waals surface area contributed by atoms with Crippen molar-refractivity contribution in [3.63, 3.8) is 0 Å². The zero-order valence-corrected chi connectivity index (χ0v) is 14.2. The molecule has 0 unspecified atom stereocenters. The van der Waals surface area contributed by atoms with Crippen molar-refractivity contribution in [3.8, 4) is 5.75 Å². The summed E-state index contributed by atoms with van der Waals surface area (Å²) in [6, 6.07) is 3.29. The highest BCUT2D eigenvalue weighted by molar-refractivity contribution is 7.89. The van der Waals surface area contributed by atoms with E-state index in [1.807, 2.05) is 47.6 Å². The van der Waals surface area contributed by atoms with Crippen molar-refractivity contribution < 1.29 is 13.2 Å². The van der Waals surface area contributed by atoms with Gasteiger partial charge in [0.05, 0.1) is 12.0 Å². The fourth-order valence-corrected chi connectivity index (χ4v) is 4.64. The zero-order valence-electron chi connectivity index (χ0n) is 13.4. The summed E-state index contributed by atoms with van der Waals surface area (Å²) < 4.78 is 32.6. The topological polar surface area (TPSA) is 46.6 Å². The maximum atomic E-state index is 12.9. The number of benzene rings is 1. The van der Waals surface area contributed by atoms with Gasteiger partial charge in [-0.3, -0.25) is 0 Å². The fourth-order valence-electron chi connectivity index (χ4n) is 2.58. The monoisotopic (exact) mass is 299 g/mol. The van der Waals surface area contributed by atoms with Gasteiger partial charge in [0.25, 0.3) is 0 Å². The molecule has 0 aliphatic heterocycles. The normalized spacial score (nSPS) is 12.5. The van der Waals surface area contributed by atoms with E-state index >= 15 is 0 Å². The summed E-state index contributed by atoms with van der Waals surface area (Å²) in [4.78, 5) is 0.322. The van der Waals surface area contributed by atoms with E-state index in [1.54, 1.807) is 13.2 Å². The standard InChI is InChI=1S/C15H25NO3S/c1-10(2)16(11(3)4)20(17,18)15-9-14(19-7)12(5)8-13(15)6/h8-11H,1-7H3. The van der Waals surface area contributed by atoms with Gasteiger partial charge in [-0.05, 0) is 52.7 Å². The quantitative estimate of drug-likeness (QED) is 0.839. The van der Waals surface area contributed by atoms with Crippen molar-refractivity contribution in [3.05, 3.63) is 23.3 Å². The minimum Gasteiger partial charge on any atom is -0.496 e. The molecule has 0 aliphatic carbocycles. The molecule has 0 N–H and O–H groups in total. The van der Waals surface area contributed by atoms with Crippen LogP contribution in [-0.2, 0) is 10.0 Å². The van der Waals surface area contributed by atoms with Crippen LogP contribution < -0.4 is 4.74 Å². The van der Waals surface area contributed by atoms with E-state index < -0.39 is 10.0 Å². The molecule has 0 radical (unpaired) electrons. The van der Waals surface area contributed by atoms with Crippen molar-refractivity contribution in [2.75, 3.05) is 7.11 Å². The first-order valence-electron chi connectivity index (χ1n) is 6.81. The van der Waals surface area contributed by atoms with Gasteiger partial charge in [-0.1, -0.05) is 6.07 Å². The average molecular weight is 299 g/mol. The van der Waals surface area contributed by atoms with Gasteiger partial charge in [-0.25, -0.2) is 8.42 Å². The number of nitrogens with zero attached hydrogens (tertiary/aromatic N) is 1. The first kappa shape index (κ1) is 17.0. The van der Waals surface area contributed by atoms with Crippen LogP contribution in [0.3, 0.4) is 0 Å². The zero-order chi connectivity index (χ0) is 15.7. The van der Waals surface area contributed by atoms with Crippen molar-refractivity contribution >= 4 is 10.0 Å². The van der Waals surface area contributed by atoms with Gasteiger partial charge in [0.1, 0.15) is 5.75 Å². The molecule has 114 valence electrons. The lowest BCUT2D eigenvalue weighted by molar-refractivity contribution is 0.302. The van der Waals surface area contributed by atoms with Crippen molar-refractivity contribution in [1.82, 2.24) is 4.31 Å². The van der Waals surface area contributed by atoms with E-state index in [2.05, 4.69) is 0 Å². The molecule has 0 bridgehead atoms. The highest BCUT2D eigenvalue weighted by atomic mass is 32.2. The minimum atomic E-state index is -3.53. The molecule has 0 spiro atoms. The van der Waals surface area contributed by atoms with Crippen LogP contribution in [0.25, 0.3) is 0 Å². The van der Waals surface area contributed by atoms with Gasteiger partial charge >= 0.3 is 0 Å². The molecule has 1 aromatic rings. The van der Waals surface area contributed by atoms with Crippen LogP contribution in [0.4, 0.5) is 0 Å². The van der Waals surface area contributed by atoms with Gasteiger partial charge < -0.3 is 4.74 Å². The summed E-state index contributed by atoms with van der Waals surface area (Å²) in [7, 11) is -1.97. The number of sulfonamides is 1. The molecule has 4 nitrogen and oxygen atoms in total. The largest absolute Gasteiger partial charge is 0.496 e. The van der Waals surface area contributed by atoms with Crippen LogP contribution in [0.2, 0.25) is 0 Å². The van der Waals surface area contributed by atoms with Gasteiger partial charge in [-0.2, -0.15) is 4.31 Å². The first-order valence-corrected chi connectivity index (χ1v) is 8.25. The van der Waals surface area contributed by atoms with E-state index in [1.165, 1.54) is 4.31 Å². The van der Waals surface area contributed by atoms with Crippen LogP contribution in [0.5, 0.6) is 5.75 Å². The lowest BCUT2D eigenvalue weighted by atomic mass is 10.1. The molecule has 0 aromatic heterocycles. The molecule has 0 fully saturated rings. The molecule has 20 heavy (non-hydrogen) atoms. The van der Waals surface area contributed by atoms with Crippen LogP contribution in [0.1, 0.15) is 38.8 Å². The van der Waals surface area contributed by atoms with Gasteiger partial charge in [0.15, 0.2) is 0 Å². The number of hydrogen-bond acceptors (Lipinski definition) is 3. The Morgan fingerprint density at radius 2 is 1.50 bits per heavy atom. The third kappa shape index (κ3) is 3.15. The summed E-state index contributed by atoms with van der Waals surface area (Å²) >= 11 is 0. The molecule has 1 aromatic carbocycles. The Morgan fingerprint density at radius 3 is 1.90 bits per heavy atom. The van der Waals surface area contributed by atoms with Crippen molar-refractivity contribution in [2.45, 2.75) is 58.5 Å². The minimum absolute atomic E-state index is 0.0910. The Bertz CT molecular complexity index is 569. The highest BCUT2D eigenvalue weighted by Gasteiger charge is 2.31. The summed E-state index contributed by atoms with van der Waals surface area (Å²) in [5.74, 6) is 0.599. The molecular formula is C15H25NO3S. The van der Waals surface area contributed by atoms with Crippen LogP contribution >= 0.6 is 0 Å². The summed E-state index contributed by atoms with van der Waals surface area (Å²) in [6.07, 6.45) is 0. The highest BCUT2D eigenvalue weighted by Crippen LogP contribution is 2.29. The summed E-state index contributed by atoms with van der Waals surface area (Å²) in [5.41, 5.74) is 1.68. The first-order chi connectivity index (χ1) is 9.12.